The van der Waals surface area contributed by atoms with Crippen LogP contribution in [0.1, 0.15) is 37.5 Å². The van der Waals surface area contributed by atoms with Gasteiger partial charge in [0.1, 0.15) is 4.99 Å². The molecular formula is C18H20BrNS. The van der Waals surface area contributed by atoms with Gasteiger partial charge in [-0.05, 0) is 51.5 Å². The van der Waals surface area contributed by atoms with Gasteiger partial charge in [0.25, 0.3) is 0 Å². The number of rotatable bonds is 2. The maximum atomic E-state index is 5.52. The van der Waals surface area contributed by atoms with Crippen molar-refractivity contribution in [2.75, 3.05) is 5.32 Å². The van der Waals surface area contributed by atoms with Crippen LogP contribution < -0.4 is 5.32 Å². The smallest absolute Gasteiger partial charge is 0.111 e. The average molecular weight is 362 g/mol. The summed E-state index contributed by atoms with van der Waals surface area (Å²) in [7, 11) is 0. The van der Waals surface area contributed by atoms with Gasteiger partial charge in [-0.1, -0.05) is 63.3 Å². The molecule has 0 fully saturated rings. The third-order valence-corrected chi connectivity index (χ3v) is 4.45. The van der Waals surface area contributed by atoms with Crippen LogP contribution in [-0.2, 0) is 5.41 Å². The van der Waals surface area contributed by atoms with Gasteiger partial charge in [-0.3, -0.25) is 0 Å². The van der Waals surface area contributed by atoms with Gasteiger partial charge in [0.2, 0.25) is 0 Å². The van der Waals surface area contributed by atoms with Crippen LogP contribution in [0.4, 0.5) is 5.69 Å². The second-order valence-corrected chi connectivity index (χ2v) is 7.48. The quantitative estimate of drug-likeness (QED) is 0.674. The number of anilines is 1. The van der Waals surface area contributed by atoms with E-state index in [1.165, 1.54) is 11.1 Å². The van der Waals surface area contributed by atoms with Crippen LogP contribution in [0.25, 0.3) is 0 Å². The molecule has 0 heterocycles. The van der Waals surface area contributed by atoms with Crippen LogP contribution in [0.15, 0.2) is 46.9 Å². The molecular weight excluding hydrogens is 342 g/mol. The second kappa shape index (κ2) is 6.29. The topological polar surface area (TPSA) is 12.0 Å². The SMILES string of the molecule is Cc1ccccc1C(=S)Nc1ccc(C(C)(C)C)cc1Br. The van der Waals surface area contributed by atoms with Crippen molar-refractivity contribution in [3.8, 4) is 0 Å². The minimum atomic E-state index is 0.136. The number of thiocarbonyl (C=S) groups is 1. The second-order valence-electron chi connectivity index (χ2n) is 6.21. The summed E-state index contributed by atoms with van der Waals surface area (Å²) in [5.41, 5.74) is 4.67. The molecule has 2 aromatic rings. The highest BCUT2D eigenvalue weighted by molar-refractivity contribution is 9.10. The normalized spacial score (nSPS) is 11.3. The summed E-state index contributed by atoms with van der Waals surface area (Å²) in [4.78, 5) is 0.748. The maximum absolute atomic E-state index is 5.52. The Bertz CT molecular complexity index is 671. The van der Waals surface area contributed by atoms with Crippen molar-refractivity contribution >= 4 is 38.8 Å². The standard InChI is InChI=1S/C18H20BrNS/c1-12-7-5-6-8-14(12)17(21)20-16-10-9-13(11-15(16)19)18(2,3)4/h5-11H,1-4H3,(H,20,21). The Morgan fingerprint density at radius 1 is 1.10 bits per heavy atom. The number of halogens is 1. The fourth-order valence-corrected chi connectivity index (χ4v) is 2.92. The molecule has 110 valence electrons. The Labute approximate surface area is 140 Å². The van der Waals surface area contributed by atoms with Gasteiger partial charge < -0.3 is 5.32 Å². The molecule has 3 heteroatoms. The molecule has 1 nitrogen and oxygen atoms in total. The minimum Gasteiger partial charge on any atom is -0.345 e. The molecule has 0 aliphatic rings. The summed E-state index contributed by atoms with van der Waals surface area (Å²) < 4.78 is 1.03. The molecule has 0 aliphatic carbocycles. The first-order chi connectivity index (χ1) is 9.79. The number of hydrogen-bond donors (Lipinski definition) is 1. The van der Waals surface area contributed by atoms with E-state index in [1.807, 2.05) is 18.2 Å². The van der Waals surface area contributed by atoms with Gasteiger partial charge in [0, 0.05) is 10.0 Å². The molecule has 0 spiro atoms. The summed E-state index contributed by atoms with van der Waals surface area (Å²) in [6.45, 7) is 8.70. The highest BCUT2D eigenvalue weighted by Crippen LogP contribution is 2.30. The van der Waals surface area contributed by atoms with E-state index < -0.39 is 0 Å². The summed E-state index contributed by atoms with van der Waals surface area (Å²) in [6, 6.07) is 14.5. The van der Waals surface area contributed by atoms with Gasteiger partial charge in [-0.25, -0.2) is 0 Å². The van der Waals surface area contributed by atoms with Crippen molar-refractivity contribution in [3.63, 3.8) is 0 Å². The Kier molecular flexibility index (Phi) is 4.84. The Morgan fingerprint density at radius 2 is 1.76 bits per heavy atom. The number of benzene rings is 2. The molecule has 1 N–H and O–H groups in total. The molecule has 0 bridgehead atoms. The molecule has 0 radical (unpaired) electrons. The first kappa shape index (κ1) is 16.2. The zero-order chi connectivity index (χ0) is 15.6. The van der Waals surface area contributed by atoms with Crippen molar-refractivity contribution in [2.24, 2.45) is 0 Å². The highest BCUT2D eigenvalue weighted by atomic mass is 79.9. The zero-order valence-electron chi connectivity index (χ0n) is 12.8. The summed E-state index contributed by atoms with van der Waals surface area (Å²) in [6.07, 6.45) is 0. The fraction of sp³-hybridized carbons (Fsp3) is 0.278. The Hall–Kier alpha value is -1.19. The molecule has 21 heavy (non-hydrogen) atoms. The average Bonchev–Trinajstić information content (AvgIpc) is 2.40. The number of nitrogens with one attached hydrogen (secondary N) is 1. The van der Waals surface area contributed by atoms with E-state index in [2.05, 4.69) is 73.2 Å². The van der Waals surface area contributed by atoms with E-state index in [0.29, 0.717) is 0 Å². The van der Waals surface area contributed by atoms with Crippen LogP contribution in [0.3, 0.4) is 0 Å². The van der Waals surface area contributed by atoms with Crippen LogP contribution in [0, 0.1) is 6.92 Å². The first-order valence-corrected chi connectivity index (χ1v) is 8.16. The summed E-state index contributed by atoms with van der Waals surface area (Å²) in [5, 5.41) is 3.33. The Morgan fingerprint density at radius 3 is 2.33 bits per heavy atom. The molecule has 0 amide bonds. The number of hydrogen-bond acceptors (Lipinski definition) is 1. The molecule has 2 rings (SSSR count). The minimum absolute atomic E-state index is 0.136. The fourth-order valence-electron chi connectivity index (χ4n) is 2.10. The van der Waals surface area contributed by atoms with Gasteiger partial charge in [0.15, 0.2) is 0 Å². The van der Waals surface area contributed by atoms with E-state index in [-0.39, 0.29) is 5.41 Å². The predicted molar refractivity (Wildman–Crippen MR) is 99.3 cm³/mol. The zero-order valence-corrected chi connectivity index (χ0v) is 15.2. The third kappa shape index (κ3) is 3.92. The van der Waals surface area contributed by atoms with Gasteiger partial charge in [-0.15, -0.1) is 0 Å². The predicted octanol–water partition coefficient (Wildman–Crippen LogP) is 5.84. The number of aryl methyl sites for hydroxylation is 1. The van der Waals surface area contributed by atoms with E-state index >= 15 is 0 Å². The van der Waals surface area contributed by atoms with Crippen LogP contribution in [0.5, 0.6) is 0 Å². The molecule has 0 aliphatic heterocycles. The van der Waals surface area contributed by atoms with E-state index in [1.54, 1.807) is 0 Å². The van der Waals surface area contributed by atoms with Gasteiger partial charge >= 0.3 is 0 Å². The molecule has 0 aromatic heterocycles. The van der Waals surface area contributed by atoms with Crippen molar-refractivity contribution < 1.29 is 0 Å². The van der Waals surface area contributed by atoms with Gasteiger partial charge in [0.05, 0.1) is 5.69 Å². The third-order valence-electron chi connectivity index (χ3n) is 3.47. The van der Waals surface area contributed by atoms with E-state index in [9.17, 15) is 0 Å². The van der Waals surface area contributed by atoms with E-state index in [0.717, 1.165) is 20.7 Å². The molecule has 0 saturated heterocycles. The Balaban J connectivity index is 2.25. The van der Waals surface area contributed by atoms with Crippen LogP contribution >= 0.6 is 28.1 Å². The first-order valence-electron chi connectivity index (χ1n) is 6.96. The lowest BCUT2D eigenvalue weighted by molar-refractivity contribution is 0.590. The lowest BCUT2D eigenvalue weighted by atomic mass is 9.87. The molecule has 0 unspecified atom stereocenters. The lowest BCUT2D eigenvalue weighted by Gasteiger charge is -2.20. The van der Waals surface area contributed by atoms with Crippen molar-refractivity contribution in [1.29, 1.82) is 0 Å². The van der Waals surface area contributed by atoms with Crippen molar-refractivity contribution in [1.82, 2.24) is 0 Å². The van der Waals surface area contributed by atoms with Crippen LogP contribution in [-0.4, -0.2) is 4.99 Å². The molecule has 2 aromatic carbocycles. The van der Waals surface area contributed by atoms with E-state index in [4.69, 9.17) is 12.2 Å². The maximum Gasteiger partial charge on any atom is 0.111 e. The van der Waals surface area contributed by atoms with Crippen molar-refractivity contribution in [2.45, 2.75) is 33.1 Å². The van der Waals surface area contributed by atoms with Crippen LogP contribution in [0.2, 0.25) is 0 Å². The molecule has 0 atom stereocenters. The summed E-state index contributed by atoms with van der Waals surface area (Å²) in [5.74, 6) is 0. The van der Waals surface area contributed by atoms with Crippen molar-refractivity contribution in [3.05, 3.63) is 63.6 Å². The largest absolute Gasteiger partial charge is 0.345 e. The lowest BCUT2D eigenvalue weighted by Crippen LogP contribution is -2.14. The highest BCUT2D eigenvalue weighted by Gasteiger charge is 2.15. The summed E-state index contributed by atoms with van der Waals surface area (Å²) >= 11 is 9.16. The molecule has 0 saturated carbocycles. The monoisotopic (exact) mass is 361 g/mol. The van der Waals surface area contributed by atoms with Gasteiger partial charge in [-0.2, -0.15) is 0 Å².